The van der Waals surface area contributed by atoms with Crippen LogP contribution in [0.15, 0.2) is 39.3 Å². The van der Waals surface area contributed by atoms with Gasteiger partial charge >= 0.3 is 5.97 Å². The third kappa shape index (κ3) is 4.16. The van der Waals surface area contributed by atoms with Gasteiger partial charge in [0.05, 0.1) is 5.69 Å². The van der Waals surface area contributed by atoms with E-state index in [0.29, 0.717) is 11.4 Å². The molecule has 1 N–H and O–H groups in total. The minimum Gasteiger partial charge on any atom is -0.447 e. The lowest BCUT2D eigenvalue weighted by molar-refractivity contribution is -0.123. The number of amides is 1. The Morgan fingerprint density at radius 2 is 2.00 bits per heavy atom. The van der Waals surface area contributed by atoms with Crippen molar-refractivity contribution in [3.63, 3.8) is 0 Å². The second kappa shape index (κ2) is 6.53. The first-order valence-electron chi connectivity index (χ1n) is 6.16. The Kier molecular flexibility index (Phi) is 4.74. The second-order valence-corrected chi connectivity index (χ2v) is 5.29. The molecule has 0 radical (unpaired) electrons. The number of halogens is 1. The van der Waals surface area contributed by atoms with Gasteiger partial charge in [-0.15, -0.1) is 0 Å². The van der Waals surface area contributed by atoms with Gasteiger partial charge in [0.15, 0.2) is 6.10 Å². The highest BCUT2D eigenvalue weighted by Crippen LogP contribution is 2.15. The molecule has 0 aliphatic carbocycles. The van der Waals surface area contributed by atoms with Crippen LogP contribution < -0.4 is 5.32 Å². The third-order valence-electron chi connectivity index (χ3n) is 2.59. The largest absolute Gasteiger partial charge is 0.447 e. The van der Waals surface area contributed by atoms with Gasteiger partial charge in [-0.25, -0.2) is 4.79 Å². The van der Waals surface area contributed by atoms with E-state index >= 15 is 0 Å². The quantitative estimate of drug-likeness (QED) is 0.855. The summed E-state index contributed by atoms with van der Waals surface area (Å²) in [5.41, 5.74) is 1.18. The summed E-state index contributed by atoms with van der Waals surface area (Å²) in [6.07, 6.45) is -0.952. The number of esters is 1. The van der Waals surface area contributed by atoms with E-state index in [1.807, 2.05) is 0 Å². The van der Waals surface area contributed by atoms with Gasteiger partial charge < -0.3 is 14.6 Å². The Morgan fingerprint density at radius 3 is 2.57 bits per heavy atom. The fourth-order valence-corrected chi connectivity index (χ4v) is 1.77. The van der Waals surface area contributed by atoms with E-state index in [4.69, 9.17) is 9.26 Å². The lowest BCUT2D eigenvalue weighted by Crippen LogP contribution is -2.29. The van der Waals surface area contributed by atoms with Crippen LogP contribution >= 0.6 is 15.9 Å². The topological polar surface area (TPSA) is 81.4 Å². The summed E-state index contributed by atoms with van der Waals surface area (Å²) < 4.78 is 10.7. The smallest absolute Gasteiger partial charge is 0.377 e. The zero-order valence-electron chi connectivity index (χ0n) is 11.4. The van der Waals surface area contributed by atoms with E-state index in [0.717, 1.165) is 4.47 Å². The van der Waals surface area contributed by atoms with Crippen molar-refractivity contribution in [1.82, 2.24) is 5.16 Å². The summed E-state index contributed by atoms with van der Waals surface area (Å²) in [6.45, 7) is 3.17. The number of carbonyl (C=O) groups is 2. The predicted octanol–water partition coefficient (Wildman–Crippen LogP) is 2.93. The molecule has 110 valence electrons. The van der Waals surface area contributed by atoms with Crippen molar-refractivity contribution in [3.05, 3.63) is 46.3 Å². The average molecular weight is 353 g/mol. The lowest BCUT2D eigenvalue weighted by Gasteiger charge is -2.12. The number of anilines is 1. The van der Waals surface area contributed by atoms with Gasteiger partial charge in [0.25, 0.3) is 5.91 Å². The Bertz CT molecular complexity index is 651. The maximum Gasteiger partial charge on any atom is 0.377 e. The number of hydrogen-bond donors (Lipinski definition) is 1. The maximum atomic E-state index is 11.9. The molecule has 0 spiro atoms. The molecular weight excluding hydrogens is 340 g/mol. The van der Waals surface area contributed by atoms with E-state index in [2.05, 4.69) is 26.4 Å². The highest BCUT2D eigenvalue weighted by atomic mass is 79.9. The fourth-order valence-electron chi connectivity index (χ4n) is 1.51. The zero-order valence-corrected chi connectivity index (χ0v) is 13.0. The molecule has 1 atom stereocenters. The third-order valence-corrected chi connectivity index (χ3v) is 3.12. The van der Waals surface area contributed by atoms with Crippen molar-refractivity contribution >= 4 is 33.5 Å². The first-order chi connectivity index (χ1) is 9.95. The molecule has 7 heteroatoms. The number of nitrogens with zero attached hydrogens (tertiary/aromatic N) is 1. The standard InChI is InChI=1S/C14H13BrN2O4/c1-8-7-12(21-17-8)14(19)20-9(2)13(18)16-11-5-3-10(15)4-6-11/h3-7,9H,1-2H3,(H,16,18)/t9-/m1/s1. The molecule has 21 heavy (non-hydrogen) atoms. The van der Waals surface area contributed by atoms with Crippen molar-refractivity contribution in [3.8, 4) is 0 Å². The molecule has 6 nitrogen and oxygen atoms in total. The number of benzene rings is 1. The highest BCUT2D eigenvalue weighted by Gasteiger charge is 2.21. The van der Waals surface area contributed by atoms with Gasteiger partial charge in [0, 0.05) is 16.2 Å². The van der Waals surface area contributed by atoms with Crippen LogP contribution in [0, 0.1) is 6.92 Å². The van der Waals surface area contributed by atoms with Crippen molar-refractivity contribution in [2.75, 3.05) is 5.32 Å². The van der Waals surface area contributed by atoms with Crippen molar-refractivity contribution in [2.45, 2.75) is 20.0 Å². The summed E-state index contributed by atoms with van der Waals surface area (Å²) in [6, 6.07) is 8.50. The second-order valence-electron chi connectivity index (χ2n) is 4.38. The minimum atomic E-state index is -0.952. The van der Waals surface area contributed by atoms with E-state index in [-0.39, 0.29) is 5.76 Å². The van der Waals surface area contributed by atoms with Crippen LogP contribution in [0.4, 0.5) is 5.69 Å². The van der Waals surface area contributed by atoms with Gasteiger partial charge in [-0.3, -0.25) is 4.79 Å². The van der Waals surface area contributed by atoms with Crippen LogP contribution in [-0.4, -0.2) is 23.1 Å². The van der Waals surface area contributed by atoms with Crippen LogP contribution in [-0.2, 0) is 9.53 Å². The lowest BCUT2D eigenvalue weighted by atomic mass is 10.3. The SMILES string of the molecule is Cc1cc(C(=O)O[C@H](C)C(=O)Nc2ccc(Br)cc2)on1. The van der Waals surface area contributed by atoms with Crippen LogP contribution in [0.2, 0.25) is 0 Å². The van der Waals surface area contributed by atoms with Crippen LogP contribution in [0.25, 0.3) is 0 Å². The Labute approximate surface area is 129 Å². The molecule has 1 amide bonds. The molecular formula is C14H13BrN2O4. The van der Waals surface area contributed by atoms with E-state index in [1.54, 1.807) is 31.2 Å². The molecule has 0 fully saturated rings. The van der Waals surface area contributed by atoms with Gasteiger partial charge in [0.2, 0.25) is 5.76 Å². The summed E-state index contributed by atoms with van der Waals surface area (Å²) in [4.78, 5) is 23.7. The molecule has 0 bridgehead atoms. The summed E-state index contributed by atoms with van der Waals surface area (Å²) in [5, 5.41) is 6.23. The number of aromatic nitrogens is 1. The Balaban J connectivity index is 1.93. The van der Waals surface area contributed by atoms with E-state index in [1.165, 1.54) is 13.0 Å². The van der Waals surface area contributed by atoms with Crippen LogP contribution in [0.5, 0.6) is 0 Å². The van der Waals surface area contributed by atoms with Crippen LogP contribution in [0.3, 0.4) is 0 Å². The highest BCUT2D eigenvalue weighted by molar-refractivity contribution is 9.10. The summed E-state index contributed by atoms with van der Waals surface area (Å²) in [7, 11) is 0. The normalized spacial score (nSPS) is 11.8. The van der Waals surface area contributed by atoms with Crippen molar-refractivity contribution < 1.29 is 18.8 Å². The van der Waals surface area contributed by atoms with Crippen molar-refractivity contribution in [2.24, 2.45) is 0 Å². The summed E-state index contributed by atoms with van der Waals surface area (Å²) >= 11 is 3.30. The maximum absolute atomic E-state index is 11.9. The monoisotopic (exact) mass is 352 g/mol. The van der Waals surface area contributed by atoms with Gasteiger partial charge in [-0.1, -0.05) is 21.1 Å². The first kappa shape index (κ1) is 15.2. The molecule has 0 aliphatic heterocycles. The van der Waals surface area contributed by atoms with Gasteiger partial charge in [-0.05, 0) is 38.1 Å². The number of aryl methyl sites for hydroxylation is 1. The molecule has 2 aromatic rings. The Hall–Kier alpha value is -2.15. The summed E-state index contributed by atoms with van der Waals surface area (Å²) in [5.74, 6) is -1.19. The van der Waals surface area contributed by atoms with Gasteiger partial charge in [-0.2, -0.15) is 0 Å². The van der Waals surface area contributed by atoms with E-state index in [9.17, 15) is 9.59 Å². The predicted molar refractivity (Wildman–Crippen MR) is 78.9 cm³/mol. The Morgan fingerprint density at radius 1 is 1.33 bits per heavy atom. The number of hydrogen-bond acceptors (Lipinski definition) is 5. The first-order valence-corrected chi connectivity index (χ1v) is 6.96. The molecule has 1 aromatic carbocycles. The van der Waals surface area contributed by atoms with E-state index < -0.39 is 18.0 Å². The number of nitrogens with one attached hydrogen (secondary N) is 1. The average Bonchev–Trinajstić information content (AvgIpc) is 2.88. The number of ether oxygens (including phenoxy) is 1. The zero-order chi connectivity index (χ0) is 15.4. The molecule has 1 aromatic heterocycles. The van der Waals surface area contributed by atoms with Gasteiger partial charge in [0.1, 0.15) is 0 Å². The minimum absolute atomic E-state index is 0.0317. The number of rotatable bonds is 4. The fraction of sp³-hybridized carbons (Fsp3) is 0.214. The molecule has 1 heterocycles. The number of carbonyl (C=O) groups excluding carboxylic acids is 2. The molecule has 0 aliphatic rings. The molecule has 0 saturated heterocycles. The molecule has 0 saturated carbocycles. The van der Waals surface area contributed by atoms with Crippen molar-refractivity contribution in [1.29, 1.82) is 0 Å². The van der Waals surface area contributed by atoms with Crippen LogP contribution in [0.1, 0.15) is 23.2 Å². The molecule has 0 unspecified atom stereocenters. The molecule has 2 rings (SSSR count).